The van der Waals surface area contributed by atoms with Crippen LogP contribution in [0.15, 0.2) is 23.8 Å². The number of epoxide rings is 1. The summed E-state index contributed by atoms with van der Waals surface area (Å²) < 4.78 is 11.4. The zero-order valence-corrected chi connectivity index (χ0v) is 18.1. The third-order valence-corrected chi connectivity index (χ3v) is 9.28. The van der Waals surface area contributed by atoms with Crippen LogP contribution in [-0.2, 0) is 23.9 Å². The van der Waals surface area contributed by atoms with Gasteiger partial charge in [-0.05, 0) is 62.5 Å². The molecule has 1 N–H and O–H groups in total. The van der Waals surface area contributed by atoms with E-state index in [4.69, 9.17) is 9.47 Å². The first-order valence-electron chi connectivity index (χ1n) is 11.0. The van der Waals surface area contributed by atoms with Crippen LogP contribution in [0, 0.1) is 28.6 Å². The Hall–Kier alpha value is -1.79. The second-order valence-electron chi connectivity index (χ2n) is 10.5. The van der Waals surface area contributed by atoms with Crippen molar-refractivity contribution < 1.29 is 29.0 Å². The number of carbonyl (C=O) groups excluding carboxylic acids is 3. The van der Waals surface area contributed by atoms with Crippen LogP contribution in [0.25, 0.3) is 0 Å². The molecule has 3 saturated carbocycles. The van der Waals surface area contributed by atoms with Crippen molar-refractivity contribution in [3.63, 3.8) is 0 Å². The number of esters is 1. The second kappa shape index (κ2) is 5.92. The summed E-state index contributed by atoms with van der Waals surface area (Å²) in [6.45, 7) is 7.24. The molecule has 0 bridgehead atoms. The highest BCUT2D eigenvalue weighted by Gasteiger charge is 2.81. The Morgan fingerprint density at radius 2 is 2.03 bits per heavy atom. The van der Waals surface area contributed by atoms with Crippen molar-refractivity contribution in [1.82, 2.24) is 0 Å². The quantitative estimate of drug-likeness (QED) is 0.564. The lowest BCUT2D eigenvalue weighted by Gasteiger charge is -2.57. The van der Waals surface area contributed by atoms with Gasteiger partial charge < -0.3 is 14.6 Å². The molecule has 1 aliphatic heterocycles. The summed E-state index contributed by atoms with van der Waals surface area (Å²) in [4.78, 5) is 36.2. The van der Waals surface area contributed by atoms with Crippen molar-refractivity contribution >= 4 is 17.5 Å². The van der Waals surface area contributed by atoms with Gasteiger partial charge in [0.1, 0.15) is 11.2 Å². The second-order valence-corrected chi connectivity index (χ2v) is 10.5. The molecule has 162 valence electrons. The predicted molar refractivity (Wildman–Crippen MR) is 107 cm³/mol. The van der Waals surface area contributed by atoms with E-state index in [1.54, 1.807) is 12.2 Å². The van der Waals surface area contributed by atoms with Gasteiger partial charge in [-0.3, -0.25) is 14.4 Å². The van der Waals surface area contributed by atoms with E-state index < -0.39 is 22.8 Å². The lowest BCUT2D eigenvalue weighted by atomic mass is 9.45. The lowest BCUT2D eigenvalue weighted by Crippen LogP contribution is -2.62. The molecule has 5 aliphatic rings. The highest BCUT2D eigenvalue weighted by molar-refractivity contribution is 6.01. The average molecular weight is 414 g/mol. The van der Waals surface area contributed by atoms with E-state index in [0.29, 0.717) is 12.8 Å². The summed E-state index contributed by atoms with van der Waals surface area (Å²) in [6, 6.07) is 0. The number of fused-ring (bicyclic) bond motifs is 3. The van der Waals surface area contributed by atoms with Crippen molar-refractivity contribution in [3.8, 4) is 0 Å². The molecule has 5 rings (SSSR count). The highest BCUT2D eigenvalue weighted by Crippen LogP contribution is 2.76. The molecule has 0 aromatic heterocycles. The molecule has 4 aliphatic carbocycles. The highest BCUT2D eigenvalue weighted by atomic mass is 16.6. The molecule has 1 saturated heterocycles. The number of ether oxygens (including phenoxy) is 2. The van der Waals surface area contributed by atoms with Gasteiger partial charge in [0.2, 0.25) is 5.78 Å². The standard InChI is InChI=1S/C24H30O6/c1-13-9-18-16-6-8-23(28,19(27)12-29-14(2)25)22(16,4)11-20-24(18,30-20)21(3)7-5-15(26)10-17(13)21/h5,7,10,13,16,18,20,28H,6,8-9,11-12H2,1-4H3/t13-,16+,18-,20-,21-,22+,23-,24-/m0/s1. The van der Waals surface area contributed by atoms with Crippen LogP contribution in [0.3, 0.4) is 0 Å². The van der Waals surface area contributed by atoms with Gasteiger partial charge in [-0.2, -0.15) is 0 Å². The van der Waals surface area contributed by atoms with Gasteiger partial charge in [0.05, 0.1) is 6.10 Å². The number of aliphatic hydroxyl groups is 1. The Morgan fingerprint density at radius 1 is 1.30 bits per heavy atom. The molecule has 6 nitrogen and oxygen atoms in total. The Labute approximate surface area is 176 Å². The smallest absolute Gasteiger partial charge is 0.303 e. The van der Waals surface area contributed by atoms with Crippen molar-refractivity contribution in [2.75, 3.05) is 6.61 Å². The maximum Gasteiger partial charge on any atom is 0.303 e. The first-order valence-corrected chi connectivity index (χ1v) is 11.0. The number of allylic oxidation sites excluding steroid dienone is 2. The lowest BCUT2D eigenvalue weighted by molar-refractivity contribution is -0.166. The third kappa shape index (κ3) is 2.19. The molecule has 4 fully saturated rings. The Bertz CT molecular complexity index is 919. The summed E-state index contributed by atoms with van der Waals surface area (Å²) in [5.74, 6) is -0.326. The van der Waals surface area contributed by atoms with Crippen LogP contribution in [0.4, 0.5) is 0 Å². The SMILES string of the molecule is CC(=O)OCC(=O)[C@@]1(O)CC[C@@H]2[C@@H]3C[C@H](C)C4=CC(=O)C=C[C@]4(C)[C@]34O[C@H]4C[C@]21C. The Morgan fingerprint density at radius 3 is 2.73 bits per heavy atom. The van der Waals surface area contributed by atoms with Crippen molar-refractivity contribution in [3.05, 3.63) is 23.8 Å². The number of Topliss-reactive ketones (excluding diaryl/α,β-unsaturated/α-hetero) is 1. The summed E-state index contributed by atoms with van der Waals surface area (Å²) >= 11 is 0. The molecule has 0 unspecified atom stereocenters. The summed E-state index contributed by atoms with van der Waals surface area (Å²) in [5.41, 5.74) is -1.68. The molecule has 30 heavy (non-hydrogen) atoms. The molecule has 8 atom stereocenters. The largest absolute Gasteiger partial charge is 0.458 e. The third-order valence-electron chi connectivity index (χ3n) is 9.28. The van der Waals surface area contributed by atoms with Gasteiger partial charge in [-0.1, -0.05) is 25.5 Å². The van der Waals surface area contributed by atoms with E-state index in [2.05, 4.69) is 13.8 Å². The minimum absolute atomic E-state index is 0.0355. The topological polar surface area (TPSA) is 93.2 Å². The maximum absolute atomic E-state index is 13.0. The van der Waals surface area contributed by atoms with Gasteiger partial charge in [-0.15, -0.1) is 0 Å². The maximum atomic E-state index is 13.0. The molecular formula is C24H30O6. The number of ketones is 2. The summed E-state index contributed by atoms with van der Waals surface area (Å²) in [7, 11) is 0. The van der Waals surface area contributed by atoms with Crippen molar-refractivity contribution in [2.45, 2.75) is 70.7 Å². The Balaban J connectivity index is 1.52. The molecular weight excluding hydrogens is 384 g/mol. The molecule has 6 heteroatoms. The molecule has 0 aromatic carbocycles. The van der Waals surface area contributed by atoms with Crippen molar-refractivity contribution in [2.24, 2.45) is 28.6 Å². The molecule has 0 amide bonds. The van der Waals surface area contributed by atoms with Crippen LogP contribution in [0.2, 0.25) is 0 Å². The molecule has 0 radical (unpaired) electrons. The fourth-order valence-corrected chi connectivity index (χ4v) is 7.79. The first-order chi connectivity index (χ1) is 14.0. The van der Waals surface area contributed by atoms with Gasteiger partial charge in [0.25, 0.3) is 0 Å². The van der Waals surface area contributed by atoms with Crippen LogP contribution >= 0.6 is 0 Å². The van der Waals surface area contributed by atoms with Crippen LogP contribution in [0.1, 0.15) is 53.4 Å². The van der Waals surface area contributed by atoms with Crippen LogP contribution in [0.5, 0.6) is 0 Å². The van der Waals surface area contributed by atoms with Gasteiger partial charge in [-0.25, -0.2) is 0 Å². The van der Waals surface area contributed by atoms with Crippen LogP contribution in [-0.4, -0.2) is 46.6 Å². The minimum atomic E-state index is -1.51. The number of carbonyl (C=O) groups is 3. The summed E-state index contributed by atoms with van der Waals surface area (Å²) in [6.07, 6.45) is 8.02. The zero-order chi connectivity index (χ0) is 21.7. The van der Waals surface area contributed by atoms with E-state index in [0.717, 1.165) is 18.4 Å². The monoisotopic (exact) mass is 414 g/mol. The van der Waals surface area contributed by atoms with E-state index in [9.17, 15) is 19.5 Å². The van der Waals surface area contributed by atoms with Crippen molar-refractivity contribution in [1.29, 1.82) is 0 Å². The number of hydrogen-bond donors (Lipinski definition) is 1. The van der Waals surface area contributed by atoms with E-state index in [-0.39, 0.29) is 47.3 Å². The zero-order valence-electron chi connectivity index (χ0n) is 18.1. The molecule has 1 spiro atoms. The predicted octanol–water partition coefficient (Wildman–Crippen LogP) is 2.53. The van der Waals surface area contributed by atoms with Gasteiger partial charge >= 0.3 is 5.97 Å². The number of hydrogen-bond acceptors (Lipinski definition) is 6. The fraction of sp³-hybridized carbons (Fsp3) is 0.708. The molecule has 1 heterocycles. The first kappa shape index (κ1) is 20.1. The molecule has 0 aromatic rings. The Kier molecular flexibility index (Phi) is 3.97. The van der Waals surface area contributed by atoms with E-state index in [1.165, 1.54) is 6.92 Å². The van der Waals surface area contributed by atoms with Gasteiger partial charge in [0.15, 0.2) is 12.4 Å². The minimum Gasteiger partial charge on any atom is -0.458 e. The van der Waals surface area contributed by atoms with Gasteiger partial charge in [0, 0.05) is 17.8 Å². The normalized spacial score (nSPS) is 50.6. The van der Waals surface area contributed by atoms with Crippen LogP contribution < -0.4 is 0 Å². The van der Waals surface area contributed by atoms with E-state index in [1.807, 2.05) is 13.0 Å². The average Bonchev–Trinajstić information content (AvgIpc) is 3.34. The summed E-state index contributed by atoms with van der Waals surface area (Å²) in [5, 5.41) is 11.6. The van der Waals surface area contributed by atoms with E-state index >= 15 is 0 Å². The fourth-order valence-electron chi connectivity index (χ4n) is 7.79. The number of rotatable bonds is 3.